The molecule has 0 aliphatic heterocycles. The molecule has 1 heterocycles. The quantitative estimate of drug-likeness (QED) is 0.933. The standard InChI is InChI=1S/C16H22N4/c1-16(2,3)12-6-8-13(9-7-12)20-14(10-17)18-15(19-20)11-4-5-11/h6-9,11H,4-5,10,17H2,1-3H3. The van der Waals surface area contributed by atoms with Crippen LogP contribution in [0.15, 0.2) is 24.3 Å². The summed E-state index contributed by atoms with van der Waals surface area (Å²) >= 11 is 0. The van der Waals surface area contributed by atoms with Crippen molar-refractivity contribution in [2.24, 2.45) is 5.73 Å². The SMILES string of the molecule is CC(C)(C)c1ccc(-n2nc(C3CC3)nc2CN)cc1. The average molecular weight is 270 g/mol. The Balaban J connectivity index is 1.95. The highest BCUT2D eigenvalue weighted by atomic mass is 15.4. The Bertz CT molecular complexity index is 600. The Hall–Kier alpha value is -1.68. The fourth-order valence-corrected chi connectivity index (χ4v) is 2.32. The molecule has 0 spiro atoms. The van der Waals surface area contributed by atoms with Crippen LogP contribution in [0, 0.1) is 0 Å². The van der Waals surface area contributed by atoms with Gasteiger partial charge in [0, 0.05) is 5.92 Å². The second-order valence-electron chi connectivity index (χ2n) is 6.57. The van der Waals surface area contributed by atoms with Crippen molar-refractivity contribution in [1.29, 1.82) is 0 Å². The zero-order valence-electron chi connectivity index (χ0n) is 12.4. The van der Waals surface area contributed by atoms with Gasteiger partial charge in [-0.2, -0.15) is 5.10 Å². The minimum absolute atomic E-state index is 0.163. The van der Waals surface area contributed by atoms with Gasteiger partial charge in [0.1, 0.15) is 5.82 Å². The molecule has 0 amide bonds. The second kappa shape index (κ2) is 4.70. The summed E-state index contributed by atoms with van der Waals surface area (Å²) in [6.45, 7) is 7.07. The lowest BCUT2D eigenvalue weighted by molar-refractivity contribution is 0.590. The molecule has 1 aromatic carbocycles. The first kappa shape index (κ1) is 13.3. The lowest BCUT2D eigenvalue weighted by Gasteiger charge is -2.19. The van der Waals surface area contributed by atoms with Crippen LogP contribution in [0.5, 0.6) is 0 Å². The fraction of sp³-hybridized carbons (Fsp3) is 0.500. The van der Waals surface area contributed by atoms with E-state index in [4.69, 9.17) is 5.73 Å². The fourth-order valence-electron chi connectivity index (χ4n) is 2.32. The maximum atomic E-state index is 5.80. The van der Waals surface area contributed by atoms with Gasteiger partial charge >= 0.3 is 0 Å². The smallest absolute Gasteiger partial charge is 0.154 e. The van der Waals surface area contributed by atoms with E-state index in [0.29, 0.717) is 12.5 Å². The molecule has 4 heteroatoms. The molecule has 0 radical (unpaired) electrons. The Labute approximate surface area is 120 Å². The average Bonchev–Trinajstić information content (AvgIpc) is 3.17. The maximum Gasteiger partial charge on any atom is 0.154 e. The number of hydrogen-bond acceptors (Lipinski definition) is 3. The van der Waals surface area contributed by atoms with Gasteiger partial charge in [0.25, 0.3) is 0 Å². The second-order valence-corrected chi connectivity index (χ2v) is 6.57. The van der Waals surface area contributed by atoms with Crippen LogP contribution in [-0.4, -0.2) is 14.8 Å². The van der Waals surface area contributed by atoms with Crippen LogP contribution in [0.1, 0.15) is 56.7 Å². The molecule has 0 unspecified atom stereocenters. The summed E-state index contributed by atoms with van der Waals surface area (Å²) < 4.78 is 1.89. The normalized spacial score (nSPS) is 15.6. The Morgan fingerprint density at radius 2 is 1.85 bits per heavy atom. The summed E-state index contributed by atoms with van der Waals surface area (Å²) in [7, 11) is 0. The highest BCUT2D eigenvalue weighted by Gasteiger charge is 2.29. The molecule has 0 saturated heterocycles. The third-order valence-corrected chi connectivity index (χ3v) is 3.79. The molecule has 20 heavy (non-hydrogen) atoms. The Morgan fingerprint density at radius 1 is 1.20 bits per heavy atom. The molecular formula is C16H22N4. The van der Waals surface area contributed by atoms with Crippen molar-refractivity contribution >= 4 is 0 Å². The van der Waals surface area contributed by atoms with E-state index in [0.717, 1.165) is 17.3 Å². The van der Waals surface area contributed by atoms with Crippen LogP contribution in [0.3, 0.4) is 0 Å². The third kappa shape index (κ3) is 2.48. The summed E-state index contributed by atoms with van der Waals surface area (Å²) in [6.07, 6.45) is 2.41. The van der Waals surface area contributed by atoms with Crippen LogP contribution in [0.2, 0.25) is 0 Å². The van der Waals surface area contributed by atoms with E-state index in [2.05, 4.69) is 55.1 Å². The van der Waals surface area contributed by atoms with Gasteiger partial charge in [0.15, 0.2) is 5.82 Å². The summed E-state index contributed by atoms with van der Waals surface area (Å²) in [4.78, 5) is 4.57. The number of aromatic nitrogens is 3. The molecular weight excluding hydrogens is 248 g/mol. The number of benzene rings is 1. The first-order valence-corrected chi connectivity index (χ1v) is 7.26. The molecule has 106 valence electrons. The van der Waals surface area contributed by atoms with Crippen molar-refractivity contribution in [2.75, 3.05) is 0 Å². The molecule has 1 fully saturated rings. The predicted octanol–water partition coefficient (Wildman–Crippen LogP) is 2.90. The number of nitrogens with zero attached hydrogens (tertiary/aromatic N) is 3. The van der Waals surface area contributed by atoms with Crippen LogP contribution >= 0.6 is 0 Å². The number of rotatable bonds is 3. The summed E-state index contributed by atoms with van der Waals surface area (Å²) in [6, 6.07) is 8.53. The highest BCUT2D eigenvalue weighted by Crippen LogP contribution is 2.38. The summed E-state index contributed by atoms with van der Waals surface area (Å²) in [5, 5.41) is 4.63. The van der Waals surface area contributed by atoms with E-state index in [-0.39, 0.29) is 5.41 Å². The Morgan fingerprint density at radius 3 is 2.35 bits per heavy atom. The predicted molar refractivity (Wildman–Crippen MR) is 79.9 cm³/mol. The van der Waals surface area contributed by atoms with Crippen molar-refractivity contribution in [3.05, 3.63) is 41.5 Å². The monoisotopic (exact) mass is 270 g/mol. The van der Waals surface area contributed by atoms with Gasteiger partial charge in [-0.25, -0.2) is 9.67 Å². The van der Waals surface area contributed by atoms with Crippen LogP contribution in [0.4, 0.5) is 0 Å². The summed E-state index contributed by atoms with van der Waals surface area (Å²) in [5.41, 5.74) is 8.32. The van der Waals surface area contributed by atoms with Gasteiger partial charge in [-0.15, -0.1) is 0 Å². The maximum absolute atomic E-state index is 5.80. The van der Waals surface area contributed by atoms with Gasteiger partial charge < -0.3 is 5.73 Å². The number of hydrogen-bond donors (Lipinski definition) is 1. The van der Waals surface area contributed by atoms with Crippen LogP contribution in [0.25, 0.3) is 5.69 Å². The number of nitrogens with two attached hydrogens (primary N) is 1. The zero-order chi connectivity index (χ0) is 14.3. The lowest BCUT2D eigenvalue weighted by Crippen LogP contribution is -2.12. The zero-order valence-corrected chi connectivity index (χ0v) is 12.4. The Kier molecular flexibility index (Phi) is 3.13. The summed E-state index contributed by atoms with van der Waals surface area (Å²) in [5.74, 6) is 2.34. The molecule has 0 atom stereocenters. The molecule has 2 aromatic rings. The van der Waals surface area contributed by atoms with Gasteiger partial charge in [0.05, 0.1) is 12.2 Å². The molecule has 1 aliphatic carbocycles. The largest absolute Gasteiger partial charge is 0.324 e. The molecule has 1 saturated carbocycles. The topological polar surface area (TPSA) is 56.7 Å². The molecule has 3 rings (SSSR count). The van der Waals surface area contributed by atoms with E-state index >= 15 is 0 Å². The van der Waals surface area contributed by atoms with Gasteiger partial charge in [-0.05, 0) is 36.0 Å². The molecule has 2 N–H and O–H groups in total. The first-order valence-electron chi connectivity index (χ1n) is 7.26. The van der Waals surface area contributed by atoms with Crippen molar-refractivity contribution in [3.63, 3.8) is 0 Å². The third-order valence-electron chi connectivity index (χ3n) is 3.79. The van der Waals surface area contributed by atoms with E-state index in [1.807, 2.05) is 4.68 Å². The van der Waals surface area contributed by atoms with E-state index < -0.39 is 0 Å². The van der Waals surface area contributed by atoms with Crippen molar-refractivity contribution in [3.8, 4) is 5.69 Å². The van der Waals surface area contributed by atoms with Crippen molar-refractivity contribution in [1.82, 2.24) is 14.8 Å². The van der Waals surface area contributed by atoms with Gasteiger partial charge in [-0.3, -0.25) is 0 Å². The van der Waals surface area contributed by atoms with Crippen LogP contribution in [-0.2, 0) is 12.0 Å². The first-order chi connectivity index (χ1) is 9.49. The molecule has 0 bridgehead atoms. The lowest BCUT2D eigenvalue weighted by atomic mass is 9.87. The van der Waals surface area contributed by atoms with Gasteiger partial charge in [0.2, 0.25) is 0 Å². The highest BCUT2D eigenvalue weighted by molar-refractivity contribution is 5.37. The van der Waals surface area contributed by atoms with Gasteiger partial charge in [-0.1, -0.05) is 32.9 Å². The molecule has 1 aliphatic rings. The van der Waals surface area contributed by atoms with Crippen molar-refractivity contribution < 1.29 is 0 Å². The van der Waals surface area contributed by atoms with Crippen LogP contribution < -0.4 is 5.73 Å². The molecule has 1 aromatic heterocycles. The molecule has 4 nitrogen and oxygen atoms in total. The van der Waals surface area contributed by atoms with E-state index in [1.54, 1.807) is 0 Å². The minimum atomic E-state index is 0.163. The van der Waals surface area contributed by atoms with E-state index in [1.165, 1.54) is 18.4 Å². The van der Waals surface area contributed by atoms with Crippen molar-refractivity contribution in [2.45, 2.75) is 51.5 Å². The minimum Gasteiger partial charge on any atom is -0.324 e. The van der Waals surface area contributed by atoms with E-state index in [9.17, 15) is 0 Å².